The number of aromatic nitrogens is 2. The van der Waals surface area contributed by atoms with E-state index in [4.69, 9.17) is 16.3 Å². The molecule has 0 saturated carbocycles. The highest BCUT2D eigenvalue weighted by Gasteiger charge is 2.16. The molecule has 122 valence electrons. The molecule has 0 radical (unpaired) electrons. The maximum atomic E-state index is 12.4. The van der Waals surface area contributed by atoms with Gasteiger partial charge in [0.2, 0.25) is 0 Å². The van der Waals surface area contributed by atoms with Crippen LogP contribution in [0.15, 0.2) is 35.3 Å². The molecule has 0 fully saturated rings. The number of methoxy groups -OCH3 is 1. The summed E-state index contributed by atoms with van der Waals surface area (Å²) in [5.41, 5.74) is -0.115. The van der Waals surface area contributed by atoms with Crippen molar-refractivity contribution in [3.05, 3.63) is 51.4 Å². The highest BCUT2D eigenvalue weighted by Crippen LogP contribution is 2.19. The lowest BCUT2D eigenvalue weighted by Crippen LogP contribution is -2.27. The largest absolute Gasteiger partial charge is 0.478 e. The first-order chi connectivity index (χ1) is 11.0. The number of hydrogen-bond acceptors (Lipinski definition) is 5. The molecule has 23 heavy (non-hydrogen) atoms. The van der Waals surface area contributed by atoms with E-state index in [-0.39, 0.29) is 22.3 Å². The quantitative estimate of drug-likeness (QED) is 0.837. The Kier molecular flexibility index (Phi) is 5.36. The Morgan fingerprint density at radius 3 is 2.83 bits per heavy atom. The topological polar surface area (TPSA) is 93.4 Å². The molecule has 0 aliphatic heterocycles. The molecule has 8 heteroatoms. The van der Waals surface area contributed by atoms with Crippen LogP contribution in [0.25, 0.3) is 5.69 Å². The predicted octanol–water partition coefficient (Wildman–Crippen LogP) is 2.03. The third-order valence-corrected chi connectivity index (χ3v) is 3.47. The fraction of sp³-hybridized carbons (Fsp3) is 0.267. The number of ether oxygens (including phenoxy) is 1. The van der Waals surface area contributed by atoms with E-state index < -0.39 is 11.5 Å². The summed E-state index contributed by atoms with van der Waals surface area (Å²) >= 11 is 6.10. The Bertz CT molecular complexity index is 776. The van der Waals surface area contributed by atoms with E-state index >= 15 is 0 Å². The van der Waals surface area contributed by atoms with Gasteiger partial charge in [0.05, 0.1) is 29.7 Å². The first-order valence-corrected chi connectivity index (χ1v) is 7.19. The Hall–Kier alpha value is -2.38. The average Bonchev–Trinajstić information content (AvgIpc) is 2.52. The van der Waals surface area contributed by atoms with Crippen LogP contribution in [0.1, 0.15) is 17.3 Å². The van der Waals surface area contributed by atoms with E-state index in [0.29, 0.717) is 12.3 Å². The molecule has 7 nitrogen and oxygen atoms in total. The smallest absolute Gasteiger partial charge is 0.337 e. The second-order valence-corrected chi connectivity index (χ2v) is 5.29. The van der Waals surface area contributed by atoms with Gasteiger partial charge in [0.1, 0.15) is 5.02 Å². The van der Waals surface area contributed by atoms with E-state index in [1.807, 2.05) is 6.92 Å². The molecule has 0 saturated heterocycles. The molecule has 2 N–H and O–H groups in total. The molecule has 2 rings (SSSR count). The van der Waals surface area contributed by atoms with Crippen LogP contribution >= 0.6 is 11.6 Å². The lowest BCUT2D eigenvalue weighted by molar-refractivity contribution is 0.0696. The molecular formula is C15H16ClN3O4. The Morgan fingerprint density at radius 1 is 1.48 bits per heavy atom. The van der Waals surface area contributed by atoms with Crippen LogP contribution in [0.3, 0.4) is 0 Å². The van der Waals surface area contributed by atoms with E-state index in [9.17, 15) is 14.7 Å². The molecule has 0 aliphatic rings. The number of nitrogens with zero attached hydrogens (tertiary/aromatic N) is 2. The molecule has 1 heterocycles. The summed E-state index contributed by atoms with van der Waals surface area (Å²) in [7, 11) is 1.57. The number of nitrogens with one attached hydrogen (secondary N) is 1. The van der Waals surface area contributed by atoms with Gasteiger partial charge < -0.3 is 15.2 Å². The van der Waals surface area contributed by atoms with Gasteiger partial charge in [0.25, 0.3) is 5.56 Å². The summed E-state index contributed by atoms with van der Waals surface area (Å²) in [6.45, 7) is 2.30. The number of hydrogen-bond donors (Lipinski definition) is 2. The number of carbonyl (C=O) groups is 1. The fourth-order valence-electron chi connectivity index (χ4n) is 2.10. The second-order valence-electron chi connectivity index (χ2n) is 4.91. The molecule has 1 atom stereocenters. The minimum Gasteiger partial charge on any atom is -0.478 e. The van der Waals surface area contributed by atoms with E-state index in [2.05, 4.69) is 10.4 Å². The van der Waals surface area contributed by atoms with Crippen molar-refractivity contribution in [3.8, 4) is 5.69 Å². The van der Waals surface area contributed by atoms with E-state index in [0.717, 1.165) is 4.68 Å². The Labute approximate surface area is 137 Å². The number of benzene rings is 1. The summed E-state index contributed by atoms with van der Waals surface area (Å²) in [5, 5.41) is 16.2. The Morgan fingerprint density at radius 2 is 2.17 bits per heavy atom. The van der Waals surface area contributed by atoms with Crippen molar-refractivity contribution in [2.24, 2.45) is 0 Å². The van der Waals surface area contributed by atoms with Crippen molar-refractivity contribution in [2.75, 3.05) is 19.0 Å². The lowest BCUT2D eigenvalue weighted by atomic mass is 10.2. The normalized spacial score (nSPS) is 12.0. The maximum Gasteiger partial charge on any atom is 0.337 e. The molecule has 0 amide bonds. The molecule has 0 unspecified atom stereocenters. The van der Waals surface area contributed by atoms with Crippen molar-refractivity contribution in [2.45, 2.75) is 13.0 Å². The third kappa shape index (κ3) is 3.69. The van der Waals surface area contributed by atoms with Gasteiger partial charge in [-0.25, -0.2) is 4.79 Å². The van der Waals surface area contributed by atoms with Crippen molar-refractivity contribution in [1.82, 2.24) is 9.78 Å². The number of aromatic carboxylic acids is 1. The SMILES string of the molecule is COC[C@H](C)Nc1cnn(-c2ccccc2C(=O)O)c(=O)c1Cl. The van der Waals surface area contributed by atoms with Gasteiger partial charge in [-0.3, -0.25) is 4.79 Å². The number of rotatable bonds is 6. The van der Waals surface area contributed by atoms with Crippen LogP contribution in [-0.4, -0.2) is 40.6 Å². The zero-order chi connectivity index (χ0) is 17.0. The molecule has 0 spiro atoms. The fourth-order valence-corrected chi connectivity index (χ4v) is 2.28. The number of para-hydroxylation sites is 1. The number of carboxylic acid groups (broad SMARTS) is 1. The minimum absolute atomic E-state index is 0.0355. The maximum absolute atomic E-state index is 12.4. The van der Waals surface area contributed by atoms with E-state index in [1.165, 1.54) is 18.3 Å². The van der Waals surface area contributed by atoms with Crippen molar-refractivity contribution in [1.29, 1.82) is 0 Å². The first kappa shape index (κ1) is 17.0. The molecule has 2 aromatic rings. The van der Waals surface area contributed by atoms with Crippen LogP contribution < -0.4 is 10.9 Å². The van der Waals surface area contributed by atoms with Gasteiger partial charge in [-0.05, 0) is 19.1 Å². The minimum atomic E-state index is -1.15. The molecule has 1 aromatic carbocycles. The monoisotopic (exact) mass is 337 g/mol. The number of anilines is 1. The zero-order valence-corrected chi connectivity index (χ0v) is 13.4. The summed E-state index contributed by atoms with van der Waals surface area (Å²) in [4.78, 5) is 23.7. The van der Waals surface area contributed by atoms with Crippen LogP contribution in [-0.2, 0) is 4.74 Å². The highest BCUT2D eigenvalue weighted by molar-refractivity contribution is 6.33. The van der Waals surface area contributed by atoms with Crippen molar-refractivity contribution < 1.29 is 14.6 Å². The van der Waals surface area contributed by atoms with Crippen molar-refractivity contribution >= 4 is 23.3 Å². The van der Waals surface area contributed by atoms with Gasteiger partial charge >= 0.3 is 5.97 Å². The summed E-state index contributed by atoms with van der Waals surface area (Å²) in [6, 6.07) is 6.01. The number of halogens is 1. The predicted molar refractivity (Wildman–Crippen MR) is 86.8 cm³/mol. The molecule has 1 aromatic heterocycles. The van der Waals surface area contributed by atoms with E-state index in [1.54, 1.807) is 19.2 Å². The van der Waals surface area contributed by atoms with Gasteiger partial charge in [0, 0.05) is 13.2 Å². The van der Waals surface area contributed by atoms with Crippen molar-refractivity contribution in [3.63, 3.8) is 0 Å². The standard InChI is InChI=1S/C15H16ClN3O4/c1-9(8-23-2)18-11-7-17-19(14(20)13(11)16)12-6-4-3-5-10(12)15(21)22/h3-7,9,18H,8H2,1-2H3,(H,21,22)/t9-/m0/s1. The first-order valence-electron chi connectivity index (χ1n) is 6.81. The van der Waals surface area contributed by atoms with Crippen LogP contribution in [0, 0.1) is 0 Å². The lowest BCUT2D eigenvalue weighted by Gasteiger charge is -2.16. The van der Waals surface area contributed by atoms with Gasteiger partial charge in [-0.15, -0.1) is 0 Å². The summed E-state index contributed by atoms with van der Waals surface area (Å²) in [5.74, 6) is -1.15. The second kappa shape index (κ2) is 7.26. The molecule has 0 aliphatic carbocycles. The zero-order valence-electron chi connectivity index (χ0n) is 12.6. The Balaban J connectivity index is 2.46. The molecular weight excluding hydrogens is 322 g/mol. The summed E-state index contributed by atoms with van der Waals surface area (Å²) in [6.07, 6.45) is 1.38. The van der Waals surface area contributed by atoms with Crippen LogP contribution in [0.2, 0.25) is 5.02 Å². The number of carboxylic acids is 1. The van der Waals surface area contributed by atoms with Crippen LogP contribution in [0.4, 0.5) is 5.69 Å². The van der Waals surface area contributed by atoms with Gasteiger partial charge in [0.15, 0.2) is 0 Å². The summed E-state index contributed by atoms with van der Waals surface area (Å²) < 4.78 is 5.98. The molecule has 0 bridgehead atoms. The highest BCUT2D eigenvalue weighted by atomic mass is 35.5. The van der Waals surface area contributed by atoms with Crippen LogP contribution in [0.5, 0.6) is 0 Å². The third-order valence-electron chi connectivity index (χ3n) is 3.10. The average molecular weight is 338 g/mol. The van der Waals surface area contributed by atoms with Gasteiger partial charge in [-0.2, -0.15) is 9.78 Å². The van der Waals surface area contributed by atoms with Gasteiger partial charge in [-0.1, -0.05) is 23.7 Å².